The molecule has 0 saturated carbocycles. The third-order valence-electron chi connectivity index (χ3n) is 5.29. The maximum absolute atomic E-state index is 12.2. The van der Waals surface area contributed by atoms with E-state index < -0.39 is 5.25 Å². The van der Waals surface area contributed by atoms with Crippen LogP contribution in [0.25, 0.3) is 0 Å². The summed E-state index contributed by atoms with van der Waals surface area (Å²) in [5, 5.41) is 7.40. The van der Waals surface area contributed by atoms with E-state index in [0.29, 0.717) is 44.7 Å². The lowest BCUT2D eigenvalue weighted by Gasteiger charge is -2.17. The molecule has 1 saturated heterocycles. The van der Waals surface area contributed by atoms with E-state index in [1.165, 1.54) is 9.58 Å². The lowest BCUT2D eigenvalue weighted by Crippen LogP contribution is -2.32. The number of ether oxygens (including phenoxy) is 1. The fraction of sp³-hybridized carbons (Fsp3) is 0.714. The van der Waals surface area contributed by atoms with Crippen molar-refractivity contribution in [2.45, 2.75) is 64.4 Å². The SMILES string of the molecule is CC(C)C(=O)Cn1cc(COCCN(C)C(=O)CCCCCN2C(=O)CC(S)C2=O)nn1. The van der Waals surface area contributed by atoms with Crippen LogP contribution in [0.3, 0.4) is 0 Å². The molecule has 1 aliphatic rings. The number of carbonyl (C=O) groups excluding carboxylic acids is 4. The molecule has 0 spiro atoms. The van der Waals surface area contributed by atoms with Crippen LogP contribution in [0.1, 0.15) is 51.6 Å². The van der Waals surface area contributed by atoms with Crippen molar-refractivity contribution in [1.82, 2.24) is 24.8 Å². The number of ketones is 1. The molecule has 10 nitrogen and oxygen atoms in total. The Balaban J connectivity index is 1.54. The van der Waals surface area contributed by atoms with Gasteiger partial charge in [-0.15, -0.1) is 5.10 Å². The lowest BCUT2D eigenvalue weighted by atomic mass is 10.1. The Morgan fingerprint density at radius 1 is 1.28 bits per heavy atom. The largest absolute Gasteiger partial charge is 0.373 e. The molecule has 0 aromatic carbocycles. The van der Waals surface area contributed by atoms with Gasteiger partial charge in [-0.2, -0.15) is 12.6 Å². The first-order chi connectivity index (χ1) is 15.2. The zero-order chi connectivity index (χ0) is 23.7. The topological polar surface area (TPSA) is 115 Å². The maximum atomic E-state index is 12.2. The summed E-state index contributed by atoms with van der Waals surface area (Å²) in [6.45, 7) is 5.36. The van der Waals surface area contributed by atoms with Crippen molar-refractivity contribution < 1.29 is 23.9 Å². The Morgan fingerprint density at radius 3 is 2.69 bits per heavy atom. The van der Waals surface area contributed by atoms with Crippen molar-refractivity contribution >= 4 is 36.1 Å². The molecule has 0 aliphatic carbocycles. The molecule has 2 rings (SSSR count). The van der Waals surface area contributed by atoms with Gasteiger partial charge in [-0.1, -0.05) is 25.5 Å². The van der Waals surface area contributed by atoms with E-state index in [-0.39, 0.29) is 49.0 Å². The number of imide groups is 1. The normalized spacial score (nSPS) is 16.3. The van der Waals surface area contributed by atoms with E-state index in [1.54, 1.807) is 18.1 Å². The number of thiol groups is 1. The number of amides is 3. The monoisotopic (exact) mass is 467 g/mol. The molecule has 0 bridgehead atoms. The van der Waals surface area contributed by atoms with Crippen molar-refractivity contribution in [3.05, 3.63) is 11.9 Å². The highest BCUT2D eigenvalue weighted by Gasteiger charge is 2.35. The summed E-state index contributed by atoms with van der Waals surface area (Å²) in [7, 11) is 1.73. The van der Waals surface area contributed by atoms with Gasteiger partial charge in [0.05, 0.1) is 24.7 Å². The quantitative estimate of drug-likeness (QED) is 0.247. The summed E-state index contributed by atoms with van der Waals surface area (Å²) in [6, 6.07) is 0. The molecule has 11 heteroatoms. The summed E-state index contributed by atoms with van der Waals surface area (Å²) < 4.78 is 7.07. The molecule has 1 aromatic rings. The highest BCUT2D eigenvalue weighted by molar-refractivity contribution is 7.81. The Bertz CT molecular complexity index is 812. The number of nitrogens with zero attached hydrogens (tertiary/aromatic N) is 5. The van der Waals surface area contributed by atoms with Gasteiger partial charge in [-0.05, 0) is 12.8 Å². The molecule has 178 valence electrons. The maximum Gasteiger partial charge on any atom is 0.242 e. The number of carbonyl (C=O) groups is 4. The zero-order valence-electron chi connectivity index (χ0n) is 19.0. The molecule has 1 atom stereocenters. The van der Waals surface area contributed by atoms with Crippen molar-refractivity contribution in [2.75, 3.05) is 26.7 Å². The Kier molecular flexibility index (Phi) is 10.3. The molecule has 3 amide bonds. The van der Waals surface area contributed by atoms with Gasteiger partial charge in [0.25, 0.3) is 0 Å². The number of hydrogen-bond donors (Lipinski definition) is 1. The van der Waals surface area contributed by atoms with Crippen molar-refractivity contribution in [3.63, 3.8) is 0 Å². The van der Waals surface area contributed by atoms with Gasteiger partial charge in [0.2, 0.25) is 17.7 Å². The van der Waals surface area contributed by atoms with E-state index in [4.69, 9.17) is 4.74 Å². The number of likely N-dealkylation sites (tertiary alicyclic amines) is 1. The molecule has 1 fully saturated rings. The van der Waals surface area contributed by atoms with Crippen LogP contribution in [0, 0.1) is 5.92 Å². The average Bonchev–Trinajstić information content (AvgIpc) is 3.28. The van der Waals surface area contributed by atoms with Gasteiger partial charge in [0.15, 0.2) is 5.78 Å². The molecule has 32 heavy (non-hydrogen) atoms. The minimum absolute atomic E-state index is 0.0236. The minimum atomic E-state index is -0.513. The van der Waals surface area contributed by atoms with Crippen LogP contribution in [0.2, 0.25) is 0 Å². The number of Topliss-reactive ketones (excluding diaryl/α,β-unsaturated/α-hetero) is 1. The number of rotatable bonds is 14. The Morgan fingerprint density at radius 2 is 2.03 bits per heavy atom. The second kappa shape index (κ2) is 12.7. The van der Waals surface area contributed by atoms with Crippen molar-refractivity contribution in [1.29, 1.82) is 0 Å². The van der Waals surface area contributed by atoms with Crippen molar-refractivity contribution in [2.24, 2.45) is 5.92 Å². The van der Waals surface area contributed by atoms with E-state index in [9.17, 15) is 19.2 Å². The number of hydrogen-bond acceptors (Lipinski definition) is 8. The summed E-state index contributed by atoms with van der Waals surface area (Å²) in [4.78, 5) is 50.3. The van der Waals surface area contributed by atoms with Gasteiger partial charge in [-0.3, -0.25) is 24.1 Å². The first-order valence-corrected chi connectivity index (χ1v) is 11.5. The number of likely N-dealkylation sites (N-methyl/N-ethyl adjacent to an activating group) is 1. The van der Waals surface area contributed by atoms with E-state index >= 15 is 0 Å². The molecule has 1 aromatic heterocycles. The second-order valence-electron chi connectivity index (χ2n) is 8.31. The molecule has 0 radical (unpaired) electrons. The third kappa shape index (κ3) is 8.01. The van der Waals surface area contributed by atoms with Crippen LogP contribution in [0.4, 0.5) is 0 Å². The lowest BCUT2D eigenvalue weighted by molar-refractivity contribution is -0.138. The summed E-state index contributed by atoms with van der Waals surface area (Å²) >= 11 is 4.10. The van der Waals surface area contributed by atoms with E-state index in [1.807, 2.05) is 13.8 Å². The van der Waals surface area contributed by atoms with Crippen molar-refractivity contribution in [3.8, 4) is 0 Å². The summed E-state index contributed by atoms with van der Waals surface area (Å²) in [5.41, 5.74) is 0.634. The van der Waals surface area contributed by atoms with E-state index in [2.05, 4.69) is 22.9 Å². The first-order valence-electron chi connectivity index (χ1n) is 10.9. The third-order valence-corrected chi connectivity index (χ3v) is 5.69. The number of unbranched alkanes of at least 4 members (excludes halogenated alkanes) is 2. The summed E-state index contributed by atoms with van der Waals surface area (Å²) in [6.07, 6.45) is 4.41. The van der Waals surface area contributed by atoms with Crippen LogP contribution < -0.4 is 0 Å². The molecular weight excluding hydrogens is 434 g/mol. The van der Waals surface area contributed by atoms with Crippen LogP contribution in [-0.2, 0) is 37.1 Å². The fourth-order valence-corrected chi connectivity index (χ4v) is 3.44. The molecule has 1 unspecified atom stereocenters. The van der Waals surface area contributed by atoms with Crippen LogP contribution in [0.5, 0.6) is 0 Å². The standard InChI is InChI=1S/C21H33N5O5S/c1-15(2)17(27)13-25-12-16(22-23-25)14-31-10-9-24(3)19(28)7-5-4-6-8-26-20(29)11-18(32)21(26)30/h12,15,18,32H,4-11,13-14H2,1-3H3. The van der Waals surface area contributed by atoms with Crippen LogP contribution in [-0.4, -0.2) is 80.3 Å². The Labute approximate surface area is 194 Å². The van der Waals surface area contributed by atoms with Gasteiger partial charge in [-0.25, -0.2) is 4.68 Å². The van der Waals surface area contributed by atoms with Gasteiger partial charge < -0.3 is 9.64 Å². The summed E-state index contributed by atoms with van der Waals surface area (Å²) in [5.74, 6) is -0.327. The molecule has 0 N–H and O–H groups in total. The van der Waals surface area contributed by atoms with Gasteiger partial charge in [0, 0.05) is 38.9 Å². The predicted molar refractivity (Wildman–Crippen MR) is 120 cm³/mol. The highest BCUT2D eigenvalue weighted by atomic mass is 32.1. The first kappa shape index (κ1) is 26.0. The van der Waals surface area contributed by atoms with Gasteiger partial charge in [0.1, 0.15) is 12.2 Å². The van der Waals surface area contributed by atoms with Crippen LogP contribution in [0.15, 0.2) is 6.20 Å². The second-order valence-corrected chi connectivity index (χ2v) is 8.93. The predicted octanol–water partition coefficient (Wildman–Crippen LogP) is 1.10. The van der Waals surface area contributed by atoms with Crippen LogP contribution >= 0.6 is 12.6 Å². The fourth-order valence-electron chi connectivity index (χ4n) is 3.14. The highest BCUT2D eigenvalue weighted by Crippen LogP contribution is 2.18. The van der Waals surface area contributed by atoms with E-state index in [0.717, 1.165) is 6.42 Å². The number of aromatic nitrogens is 3. The average molecular weight is 468 g/mol. The van der Waals surface area contributed by atoms with Gasteiger partial charge >= 0.3 is 0 Å². The zero-order valence-corrected chi connectivity index (χ0v) is 19.9. The molecular formula is C21H33N5O5S. The smallest absolute Gasteiger partial charge is 0.242 e. The molecule has 1 aliphatic heterocycles. The minimum Gasteiger partial charge on any atom is -0.373 e. The molecule has 2 heterocycles. The Hall–Kier alpha value is -2.27.